The van der Waals surface area contributed by atoms with E-state index in [1.54, 1.807) is 23.5 Å². The first kappa shape index (κ1) is 20.5. The molecule has 3 aromatic rings. The van der Waals surface area contributed by atoms with Crippen LogP contribution in [0.5, 0.6) is 0 Å². The minimum atomic E-state index is -0.00147. The SMILES string of the molecule is O=C(C1CCCN(c2cc(-n3cncn3)ncn2)C1)N1CCN(Cc2cccnc2)CC1. The summed E-state index contributed by atoms with van der Waals surface area (Å²) in [6, 6.07) is 5.97. The maximum atomic E-state index is 13.3. The molecule has 0 aliphatic carbocycles. The smallest absolute Gasteiger partial charge is 0.227 e. The molecule has 2 fully saturated rings. The van der Waals surface area contributed by atoms with Gasteiger partial charge in [-0.1, -0.05) is 6.07 Å². The van der Waals surface area contributed by atoms with Gasteiger partial charge in [-0.3, -0.25) is 14.7 Å². The molecule has 2 saturated heterocycles. The molecule has 0 N–H and O–H groups in total. The highest BCUT2D eigenvalue weighted by atomic mass is 16.2. The third kappa shape index (κ3) is 4.59. The van der Waals surface area contributed by atoms with Crippen LogP contribution in [0.25, 0.3) is 5.82 Å². The number of rotatable bonds is 5. The van der Waals surface area contributed by atoms with Crippen LogP contribution in [0.4, 0.5) is 5.82 Å². The number of piperidine rings is 1. The average Bonchev–Trinajstić information content (AvgIpc) is 3.40. The summed E-state index contributed by atoms with van der Waals surface area (Å²) >= 11 is 0. The van der Waals surface area contributed by atoms with Crippen LogP contribution in [0.1, 0.15) is 18.4 Å². The van der Waals surface area contributed by atoms with Crippen LogP contribution in [-0.4, -0.2) is 84.7 Å². The van der Waals surface area contributed by atoms with Gasteiger partial charge in [0.25, 0.3) is 0 Å². The van der Waals surface area contributed by atoms with Gasteiger partial charge in [0.1, 0.15) is 24.8 Å². The maximum absolute atomic E-state index is 13.3. The summed E-state index contributed by atoms with van der Waals surface area (Å²) in [6.45, 7) is 5.79. The molecular weight excluding hydrogens is 406 g/mol. The van der Waals surface area contributed by atoms with Crippen molar-refractivity contribution >= 4 is 11.7 Å². The molecule has 1 atom stereocenters. The number of nitrogens with zero attached hydrogens (tertiary/aromatic N) is 9. The Kier molecular flexibility index (Phi) is 6.02. The van der Waals surface area contributed by atoms with Crippen LogP contribution in [-0.2, 0) is 11.3 Å². The summed E-state index contributed by atoms with van der Waals surface area (Å²) in [5.41, 5.74) is 1.21. The number of piperazine rings is 1. The summed E-state index contributed by atoms with van der Waals surface area (Å²) in [5, 5.41) is 4.14. The van der Waals surface area contributed by atoms with E-state index in [0.717, 1.165) is 57.9 Å². The lowest BCUT2D eigenvalue weighted by Crippen LogP contribution is -2.52. The number of hydrogen-bond donors (Lipinski definition) is 0. The number of aromatic nitrogens is 6. The number of carbonyl (C=O) groups is 1. The first-order chi connectivity index (χ1) is 15.8. The summed E-state index contributed by atoms with van der Waals surface area (Å²) in [5.74, 6) is 1.76. The van der Waals surface area contributed by atoms with Crippen molar-refractivity contribution in [3.8, 4) is 5.82 Å². The Labute approximate surface area is 186 Å². The Morgan fingerprint density at radius 2 is 1.91 bits per heavy atom. The molecule has 32 heavy (non-hydrogen) atoms. The first-order valence-corrected chi connectivity index (χ1v) is 11.1. The van der Waals surface area contributed by atoms with E-state index in [2.05, 4.69) is 40.9 Å². The van der Waals surface area contributed by atoms with Gasteiger partial charge in [0.15, 0.2) is 5.82 Å². The lowest BCUT2D eigenvalue weighted by atomic mass is 9.96. The van der Waals surface area contributed by atoms with Gasteiger partial charge in [-0.2, -0.15) is 5.10 Å². The number of carbonyl (C=O) groups excluding carboxylic acids is 1. The van der Waals surface area contributed by atoms with E-state index in [1.807, 2.05) is 23.2 Å². The number of hydrogen-bond acceptors (Lipinski definition) is 8. The van der Waals surface area contributed by atoms with Gasteiger partial charge in [-0.05, 0) is 24.5 Å². The van der Waals surface area contributed by atoms with Crippen LogP contribution in [0.2, 0.25) is 0 Å². The fraction of sp³-hybridized carbons (Fsp3) is 0.455. The number of amides is 1. The minimum Gasteiger partial charge on any atom is -0.356 e. The van der Waals surface area contributed by atoms with Gasteiger partial charge < -0.3 is 9.80 Å². The fourth-order valence-corrected chi connectivity index (χ4v) is 4.48. The molecule has 5 heterocycles. The predicted octanol–water partition coefficient (Wildman–Crippen LogP) is 1.01. The van der Waals surface area contributed by atoms with Crippen molar-refractivity contribution in [1.82, 2.24) is 39.5 Å². The Morgan fingerprint density at radius 3 is 2.69 bits per heavy atom. The second-order valence-corrected chi connectivity index (χ2v) is 8.32. The molecule has 10 heteroatoms. The molecule has 166 valence electrons. The zero-order chi connectivity index (χ0) is 21.8. The van der Waals surface area contributed by atoms with E-state index >= 15 is 0 Å². The molecule has 1 unspecified atom stereocenters. The highest BCUT2D eigenvalue weighted by Crippen LogP contribution is 2.24. The second kappa shape index (κ2) is 9.39. The molecule has 3 aromatic heterocycles. The topological polar surface area (TPSA) is 96.2 Å². The van der Waals surface area contributed by atoms with Crippen LogP contribution < -0.4 is 4.90 Å². The van der Waals surface area contributed by atoms with Gasteiger partial charge in [0.05, 0.1) is 5.92 Å². The van der Waals surface area contributed by atoms with E-state index in [0.29, 0.717) is 12.4 Å². The Balaban J connectivity index is 1.18. The van der Waals surface area contributed by atoms with Crippen molar-refractivity contribution < 1.29 is 4.79 Å². The molecule has 5 rings (SSSR count). The van der Waals surface area contributed by atoms with E-state index in [1.165, 1.54) is 11.9 Å². The Hall–Kier alpha value is -3.40. The zero-order valence-corrected chi connectivity index (χ0v) is 18.0. The molecule has 2 aliphatic heterocycles. The molecule has 0 radical (unpaired) electrons. The fourth-order valence-electron chi connectivity index (χ4n) is 4.48. The average molecular weight is 434 g/mol. The standard InChI is InChI=1S/C22H27N9O/c32-22(29-9-7-28(8-10-29)13-18-3-1-5-23-12-18)19-4-2-6-30(14-19)20-11-21(26-16-25-20)31-17-24-15-27-31/h1,3,5,11-12,15-17,19H,2,4,6-10,13-14H2. The number of anilines is 1. The van der Waals surface area contributed by atoms with Crippen molar-refractivity contribution in [2.75, 3.05) is 44.2 Å². The normalized spacial score (nSPS) is 19.8. The van der Waals surface area contributed by atoms with Crippen molar-refractivity contribution in [3.05, 3.63) is 55.1 Å². The largest absolute Gasteiger partial charge is 0.356 e. The van der Waals surface area contributed by atoms with Crippen LogP contribution >= 0.6 is 0 Å². The van der Waals surface area contributed by atoms with Gasteiger partial charge in [-0.25, -0.2) is 19.6 Å². The van der Waals surface area contributed by atoms with Gasteiger partial charge in [0.2, 0.25) is 5.91 Å². The summed E-state index contributed by atoms with van der Waals surface area (Å²) in [6.07, 6.45) is 10.2. The van der Waals surface area contributed by atoms with E-state index in [4.69, 9.17) is 0 Å². The van der Waals surface area contributed by atoms with E-state index < -0.39 is 0 Å². The molecule has 10 nitrogen and oxygen atoms in total. The van der Waals surface area contributed by atoms with Gasteiger partial charge in [0, 0.05) is 64.3 Å². The highest BCUT2D eigenvalue weighted by molar-refractivity contribution is 5.80. The van der Waals surface area contributed by atoms with E-state index in [9.17, 15) is 4.79 Å². The summed E-state index contributed by atoms with van der Waals surface area (Å²) in [7, 11) is 0. The molecule has 0 saturated carbocycles. The summed E-state index contributed by atoms with van der Waals surface area (Å²) in [4.78, 5) is 36.8. The third-order valence-electron chi connectivity index (χ3n) is 6.20. The molecule has 0 aromatic carbocycles. The first-order valence-electron chi connectivity index (χ1n) is 11.1. The van der Waals surface area contributed by atoms with Gasteiger partial charge >= 0.3 is 0 Å². The molecular formula is C22H27N9O. The lowest BCUT2D eigenvalue weighted by molar-refractivity contribution is -0.137. The highest BCUT2D eigenvalue weighted by Gasteiger charge is 2.31. The molecule has 0 bridgehead atoms. The van der Waals surface area contributed by atoms with Crippen molar-refractivity contribution in [2.45, 2.75) is 19.4 Å². The Bertz CT molecular complexity index is 1020. The van der Waals surface area contributed by atoms with Gasteiger partial charge in [-0.15, -0.1) is 0 Å². The quantitative estimate of drug-likeness (QED) is 0.588. The van der Waals surface area contributed by atoms with E-state index in [-0.39, 0.29) is 11.8 Å². The minimum absolute atomic E-state index is 0.00147. The molecule has 2 aliphatic rings. The molecule has 1 amide bonds. The van der Waals surface area contributed by atoms with Crippen molar-refractivity contribution in [3.63, 3.8) is 0 Å². The van der Waals surface area contributed by atoms with Crippen LogP contribution in [0.3, 0.4) is 0 Å². The van der Waals surface area contributed by atoms with Crippen molar-refractivity contribution in [1.29, 1.82) is 0 Å². The number of pyridine rings is 1. The second-order valence-electron chi connectivity index (χ2n) is 8.32. The monoisotopic (exact) mass is 433 g/mol. The van der Waals surface area contributed by atoms with Crippen LogP contribution in [0, 0.1) is 5.92 Å². The lowest BCUT2D eigenvalue weighted by Gasteiger charge is -2.39. The maximum Gasteiger partial charge on any atom is 0.227 e. The third-order valence-corrected chi connectivity index (χ3v) is 6.20. The molecule has 0 spiro atoms. The zero-order valence-electron chi connectivity index (χ0n) is 18.0. The summed E-state index contributed by atoms with van der Waals surface area (Å²) < 4.78 is 1.61. The van der Waals surface area contributed by atoms with Crippen molar-refractivity contribution in [2.24, 2.45) is 5.92 Å². The predicted molar refractivity (Wildman–Crippen MR) is 118 cm³/mol. The van der Waals surface area contributed by atoms with Crippen LogP contribution in [0.15, 0.2) is 49.6 Å². The Morgan fingerprint density at radius 1 is 1.03 bits per heavy atom.